The van der Waals surface area contributed by atoms with Crippen molar-refractivity contribution in [2.24, 2.45) is 0 Å². The molecule has 1 atom stereocenters. The number of halogens is 1. The van der Waals surface area contributed by atoms with E-state index in [4.69, 9.17) is 0 Å². The number of rotatable bonds is 3. The Morgan fingerprint density at radius 3 is 2.83 bits per heavy atom. The van der Waals surface area contributed by atoms with E-state index in [1.165, 1.54) is 10.4 Å². The minimum atomic E-state index is -0.451. The predicted octanol–water partition coefficient (Wildman–Crippen LogP) is 4.63. The molecule has 5 rings (SSSR count). The minimum absolute atomic E-state index is 0.0721. The summed E-state index contributed by atoms with van der Waals surface area (Å²) in [7, 11) is 0. The van der Waals surface area contributed by atoms with Crippen LogP contribution < -0.4 is 10.6 Å². The van der Waals surface area contributed by atoms with Crippen molar-refractivity contribution in [2.75, 3.05) is 11.9 Å². The summed E-state index contributed by atoms with van der Waals surface area (Å²) in [5.41, 5.74) is 3.89. The maximum absolute atomic E-state index is 12.9. The van der Waals surface area contributed by atoms with Crippen LogP contribution in [0.15, 0.2) is 53.0 Å². The molecule has 7 heteroatoms. The molecule has 2 aliphatic heterocycles. The smallest absolute Gasteiger partial charge is 0.256 e. The number of benzene rings is 2. The number of anilines is 1. The van der Waals surface area contributed by atoms with Gasteiger partial charge in [-0.15, -0.1) is 11.3 Å². The highest BCUT2D eigenvalue weighted by Crippen LogP contribution is 2.42. The second-order valence-corrected chi connectivity index (χ2v) is 9.43. The maximum atomic E-state index is 12.9. The number of carbonyl (C=O) groups excluding carboxylic acids is 1. The molecule has 3 heterocycles. The average molecular weight is 470 g/mol. The summed E-state index contributed by atoms with van der Waals surface area (Å²) in [4.78, 5) is 16.6. The number of aromatic hydroxyl groups is 1. The van der Waals surface area contributed by atoms with Crippen molar-refractivity contribution < 1.29 is 9.90 Å². The van der Waals surface area contributed by atoms with Gasteiger partial charge in [0.1, 0.15) is 16.9 Å². The lowest BCUT2D eigenvalue weighted by Crippen LogP contribution is -2.38. The van der Waals surface area contributed by atoms with E-state index in [0.29, 0.717) is 5.56 Å². The van der Waals surface area contributed by atoms with E-state index in [1.54, 1.807) is 23.5 Å². The molecule has 2 aromatic carbocycles. The third-order valence-corrected chi connectivity index (χ3v) is 7.10. The van der Waals surface area contributed by atoms with E-state index >= 15 is 0 Å². The molecule has 3 aromatic rings. The zero-order valence-electron chi connectivity index (χ0n) is 15.6. The van der Waals surface area contributed by atoms with Gasteiger partial charge in [-0.2, -0.15) is 0 Å². The van der Waals surface area contributed by atoms with Crippen LogP contribution in [0.5, 0.6) is 5.75 Å². The molecule has 0 radical (unpaired) electrons. The first-order valence-corrected chi connectivity index (χ1v) is 11.2. The standard InChI is InChI=1S/C22H20BrN3O2S/c23-14-6-7-17(27)16(10-14)20-24-21(28)19-15-8-9-26(11-13-4-2-1-3-5-13)12-18(15)29-22(19)25-20/h1-7,10,20,25,27H,8-9,11-12H2,(H,24,28). The van der Waals surface area contributed by atoms with E-state index in [1.807, 2.05) is 12.1 Å². The number of hydrogen-bond donors (Lipinski definition) is 3. The quantitative estimate of drug-likeness (QED) is 0.523. The van der Waals surface area contributed by atoms with Gasteiger partial charge in [0.05, 0.1) is 5.56 Å². The molecular formula is C22H20BrN3O2S. The van der Waals surface area contributed by atoms with Crippen LogP contribution in [0.2, 0.25) is 0 Å². The Labute approximate surface area is 181 Å². The monoisotopic (exact) mass is 469 g/mol. The van der Waals surface area contributed by atoms with Crippen molar-refractivity contribution >= 4 is 38.2 Å². The van der Waals surface area contributed by atoms with E-state index in [-0.39, 0.29) is 11.7 Å². The first-order valence-electron chi connectivity index (χ1n) is 9.55. The Bertz CT molecular complexity index is 1080. The largest absolute Gasteiger partial charge is 0.508 e. The van der Waals surface area contributed by atoms with Gasteiger partial charge in [0, 0.05) is 34.5 Å². The normalized spacial score (nSPS) is 18.5. The van der Waals surface area contributed by atoms with E-state index in [9.17, 15) is 9.90 Å². The van der Waals surface area contributed by atoms with Crippen LogP contribution in [0.25, 0.3) is 0 Å². The van der Waals surface area contributed by atoms with Crippen molar-refractivity contribution in [3.8, 4) is 5.75 Å². The van der Waals surface area contributed by atoms with Crippen molar-refractivity contribution in [3.63, 3.8) is 0 Å². The molecule has 0 aliphatic carbocycles. The van der Waals surface area contributed by atoms with Crippen LogP contribution in [0, 0.1) is 0 Å². The minimum Gasteiger partial charge on any atom is -0.508 e. The average Bonchev–Trinajstić information content (AvgIpc) is 3.08. The molecule has 0 saturated carbocycles. The molecule has 1 unspecified atom stereocenters. The van der Waals surface area contributed by atoms with Crippen LogP contribution >= 0.6 is 27.3 Å². The molecule has 5 nitrogen and oxygen atoms in total. The number of phenolic OH excluding ortho intramolecular Hbond substituents is 1. The van der Waals surface area contributed by atoms with Crippen molar-refractivity contribution in [1.82, 2.24) is 10.2 Å². The lowest BCUT2D eigenvalue weighted by Gasteiger charge is -2.29. The molecule has 0 saturated heterocycles. The molecule has 0 spiro atoms. The fourth-order valence-corrected chi connectivity index (χ4v) is 5.75. The summed E-state index contributed by atoms with van der Waals surface area (Å²) in [6, 6.07) is 15.7. The van der Waals surface area contributed by atoms with Gasteiger partial charge in [0.2, 0.25) is 0 Å². The Balaban J connectivity index is 1.40. The molecule has 148 valence electrons. The van der Waals surface area contributed by atoms with Crippen LogP contribution in [-0.4, -0.2) is 22.5 Å². The Kier molecular flexibility index (Phi) is 4.81. The van der Waals surface area contributed by atoms with Gasteiger partial charge in [-0.1, -0.05) is 46.3 Å². The zero-order chi connectivity index (χ0) is 20.0. The summed E-state index contributed by atoms with van der Waals surface area (Å²) in [5.74, 6) is 0.0851. The molecule has 1 amide bonds. The van der Waals surface area contributed by atoms with Crippen molar-refractivity contribution in [2.45, 2.75) is 25.7 Å². The summed E-state index contributed by atoms with van der Waals surface area (Å²) < 4.78 is 0.856. The Morgan fingerprint density at radius 1 is 1.17 bits per heavy atom. The van der Waals surface area contributed by atoms with Crippen LogP contribution in [0.4, 0.5) is 5.00 Å². The number of phenols is 1. The highest BCUT2D eigenvalue weighted by Gasteiger charge is 2.34. The second kappa shape index (κ2) is 7.48. The Morgan fingerprint density at radius 2 is 2.00 bits per heavy atom. The third-order valence-electron chi connectivity index (χ3n) is 5.46. The fraction of sp³-hybridized carbons (Fsp3) is 0.227. The van der Waals surface area contributed by atoms with Gasteiger partial charge >= 0.3 is 0 Å². The summed E-state index contributed by atoms with van der Waals surface area (Å²) in [5, 5.41) is 17.6. The van der Waals surface area contributed by atoms with Crippen molar-refractivity contribution in [3.05, 3.63) is 80.1 Å². The number of fused-ring (bicyclic) bond motifs is 3. The molecule has 0 fully saturated rings. The van der Waals surface area contributed by atoms with E-state index in [0.717, 1.165) is 46.7 Å². The topological polar surface area (TPSA) is 64.6 Å². The van der Waals surface area contributed by atoms with Gasteiger partial charge < -0.3 is 15.7 Å². The number of nitrogens with one attached hydrogen (secondary N) is 2. The van der Waals surface area contributed by atoms with E-state index in [2.05, 4.69) is 55.7 Å². The summed E-state index contributed by atoms with van der Waals surface area (Å²) >= 11 is 5.09. The fourth-order valence-electron chi connectivity index (χ4n) is 4.06. The first kappa shape index (κ1) is 18.7. The van der Waals surface area contributed by atoms with Gasteiger partial charge in [-0.25, -0.2) is 0 Å². The highest BCUT2D eigenvalue weighted by molar-refractivity contribution is 9.10. The number of nitrogens with zero attached hydrogens (tertiary/aromatic N) is 1. The number of carbonyl (C=O) groups is 1. The zero-order valence-corrected chi connectivity index (χ0v) is 18.0. The number of amides is 1. The Hall–Kier alpha value is -2.35. The highest BCUT2D eigenvalue weighted by atomic mass is 79.9. The second-order valence-electron chi connectivity index (χ2n) is 7.41. The molecule has 1 aromatic heterocycles. The molecule has 0 bridgehead atoms. The number of thiophene rings is 1. The van der Waals surface area contributed by atoms with Crippen LogP contribution in [0.1, 0.15) is 38.1 Å². The van der Waals surface area contributed by atoms with Gasteiger partial charge in [0.25, 0.3) is 5.91 Å². The van der Waals surface area contributed by atoms with E-state index < -0.39 is 6.17 Å². The molecule has 29 heavy (non-hydrogen) atoms. The van der Waals surface area contributed by atoms with Gasteiger partial charge in [0.15, 0.2) is 0 Å². The SMILES string of the molecule is O=C1NC(c2cc(Br)ccc2O)Nc2sc3c(c21)CCN(Cc1ccccc1)C3. The van der Waals surface area contributed by atoms with Crippen molar-refractivity contribution in [1.29, 1.82) is 0 Å². The molecular weight excluding hydrogens is 450 g/mol. The lowest BCUT2D eigenvalue weighted by molar-refractivity contribution is 0.0934. The van der Waals surface area contributed by atoms with Crippen LogP contribution in [-0.2, 0) is 19.5 Å². The summed E-state index contributed by atoms with van der Waals surface area (Å²) in [6.45, 7) is 2.70. The first-order chi connectivity index (χ1) is 14.1. The number of hydrogen-bond acceptors (Lipinski definition) is 5. The van der Waals surface area contributed by atoms with Crippen LogP contribution in [0.3, 0.4) is 0 Å². The predicted molar refractivity (Wildman–Crippen MR) is 118 cm³/mol. The molecule has 2 aliphatic rings. The van der Waals surface area contributed by atoms with Gasteiger partial charge in [-0.05, 0) is 35.7 Å². The maximum Gasteiger partial charge on any atom is 0.256 e. The summed E-state index contributed by atoms with van der Waals surface area (Å²) in [6.07, 6.45) is 0.420. The van der Waals surface area contributed by atoms with Gasteiger partial charge in [-0.3, -0.25) is 9.69 Å². The molecule has 3 N–H and O–H groups in total. The third kappa shape index (κ3) is 3.54. The lowest BCUT2D eigenvalue weighted by atomic mass is 10.00.